The summed E-state index contributed by atoms with van der Waals surface area (Å²) in [4.78, 5) is 24.7. The lowest BCUT2D eigenvalue weighted by molar-refractivity contribution is -0.384. The molecule has 0 spiro atoms. The van der Waals surface area contributed by atoms with Gasteiger partial charge in [-0.25, -0.2) is 4.79 Å². The van der Waals surface area contributed by atoms with Gasteiger partial charge in [0.25, 0.3) is 5.69 Å². The number of non-ortho nitro benzene ring substituents is 1. The first-order valence-corrected chi connectivity index (χ1v) is 8.57. The number of amides is 2. The van der Waals surface area contributed by atoms with E-state index in [9.17, 15) is 14.9 Å². The van der Waals surface area contributed by atoms with Crippen molar-refractivity contribution in [1.29, 1.82) is 0 Å². The number of aromatic nitrogens is 2. The van der Waals surface area contributed by atoms with Gasteiger partial charge in [-0.3, -0.25) is 19.7 Å². The lowest BCUT2D eigenvalue weighted by Crippen LogP contribution is -2.31. The summed E-state index contributed by atoms with van der Waals surface area (Å²) >= 11 is 0. The predicted molar refractivity (Wildman–Crippen MR) is 105 cm³/mol. The zero-order valence-corrected chi connectivity index (χ0v) is 15.7. The summed E-state index contributed by atoms with van der Waals surface area (Å²) in [5, 5.41) is 19.3. The van der Waals surface area contributed by atoms with Crippen LogP contribution in [0, 0.1) is 17.0 Å². The van der Waals surface area contributed by atoms with Crippen LogP contribution < -0.4 is 10.2 Å². The molecule has 1 N–H and O–H groups in total. The van der Waals surface area contributed by atoms with Crippen molar-refractivity contribution in [1.82, 2.24) is 9.78 Å². The number of carbonyl (C=O) groups excluding carboxylic acids is 1. The van der Waals surface area contributed by atoms with Crippen molar-refractivity contribution in [2.24, 2.45) is 7.05 Å². The Bertz CT molecular complexity index is 1040. The van der Waals surface area contributed by atoms with E-state index >= 15 is 0 Å². The summed E-state index contributed by atoms with van der Waals surface area (Å²) in [7, 11) is 3.52. The van der Waals surface area contributed by atoms with Gasteiger partial charge in [0, 0.05) is 43.0 Å². The van der Waals surface area contributed by atoms with Gasteiger partial charge in [0.2, 0.25) is 0 Å². The van der Waals surface area contributed by atoms with Gasteiger partial charge in [-0.15, -0.1) is 0 Å². The first-order valence-electron chi connectivity index (χ1n) is 8.57. The quantitative estimate of drug-likeness (QED) is 0.557. The Labute approximate surface area is 156 Å². The highest BCUT2D eigenvalue weighted by Crippen LogP contribution is 2.26. The van der Waals surface area contributed by atoms with Gasteiger partial charge >= 0.3 is 6.03 Å². The number of fused-ring (bicyclic) bond motifs is 1. The highest BCUT2D eigenvalue weighted by atomic mass is 16.6. The van der Waals surface area contributed by atoms with Crippen LogP contribution in [0.4, 0.5) is 21.9 Å². The molecule has 8 heteroatoms. The van der Waals surface area contributed by atoms with Crippen molar-refractivity contribution in [2.45, 2.75) is 20.3 Å². The van der Waals surface area contributed by atoms with E-state index in [0.29, 0.717) is 17.8 Å². The number of hydrogen-bond acceptors (Lipinski definition) is 4. The van der Waals surface area contributed by atoms with E-state index in [0.717, 1.165) is 22.2 Å². The number of anilines is 2. The van der Waals surface area contributed by atoms with Crippen molar-refractivity contribution in [2.75, 3.05) is 17.3 Å². The van der Waals surface area contributed by atoms with E-state index in [1.54, 1.807) is 17.8 Å². The lowest BCUT2D eigenvalue weighted by atomic mass is 10.1. The Hall–Kier alpha value is -3.42. The van der Waals surface area contributed by atoms with Crippen LogP contribution in [-0.2, 0) is 13.5 Å². The first kappa shape index (κ1) is 18.4. The molecule has 0 aliphatic carbocycles. The molecule has 0 radical (unpaired) electrons. The highest BCUT2D eigenvalue weighted by molar-refractivity contribution is 6.03. The average Bonchev–Trinajstić information content (AvgIpc) is 2.94. The molecule has 2 amide bonds. The van der Waals surface area contributed by atoms with Crippen molar-refractivity contribution >= 4 is 34.0 Å². The normalized spacial score (nSPS) is 10.8. The molecule has 2 aromatic carbocycles. The molecule has 1 aromatic heterocycles. The second-order valence-electron chi connectivity index (χ2n) is 6.35. The minimum Gasteiger partial charge on any atom is -0.307 e. The number of nitro benzene ring substituents is 1. The number of nitrogens with one attached hydrogen (secondary N) is 1. The van der Waals surface area contributed by atoms with Crippen LogP contribution in [0.3, 0.4) is 0 Å². The number of nitrogens with zero attached hydrogens (tertiary/aromatic N) is 4. The predicted octanol–water partition coefficient (Wildman–Crippen LogP) is 4.02. The first-order chi connectivity index (χ1) is 12.8. The number of carbonyl (C=O) groups is 1. The van der Waals surface area contributed by atoms with Gasteiger partial charge in [-0.05, 0) is 37.1 Å². The van der Waals surface area contributed by atoms with E-state index < -0.39 is 4.92 Å². The molecule has 0 saturated heterocycles. The molecule has 0 bridgehead atoms. The summed E-state index contributed by atoms with van der Waals surface area (Å²) in [6, 6.07) is 9.74. The molecular formula is C19H21N5O3. The lowest BCUT2D eigenvalue weighted by Gasteiger charge is -2.19. The van der Waals surface area contributed by atoms with E-state index in [1.165, 1.54) is 17.0 Å². The van der Waals surface area contributed by atoms with Crippen LogP contribution in [0.1, 0.15) is 18.2 Å². The van der Waals surface area contributed by atoms with Crippen molar-refractivity contribution < 1.29 is 9.72 Å². The second kappa shape index (κ2) is 7.06. The molecule has 0 atom stereocenters. The Morgan fingerprint density at radius 1 is 1.30 bits per heavy atom. The number of urea groups is 1. The van der Waals surface area contributed by atoms with Crippen molar-refractivity contribution in [3.05, 3.63) is 57.8 Å². The van der Waals surface area contributed by atoms with E-state index in [-0.39, 0.29) is 11.7 Å². The molecule has 0 aliphatic rings. The molecule has 1 heterocycles. The van der Waals surface area contributed by atoms with Crippen molar-refractivity contribution in [3.8, 4) is 0 Å². The fourth-order valence-corrected chi connectivity index (χ4v) is 2.95. The molecule has 140 valence electrons. The van der Waals surface area contributed by atoms with Crippen molar-refractivity contribution in [3.63, 3.8) is 0 Å². The van der Waals surface area contributed by atoms with Gasteiger partial charge in [-0.2, -0.15) is 5.10 Å². The fraction of sp³-hybridized carbons (Fsp3) is 0.263. The third-order valence-electron chi connectivity index (χ3n) is 4.73. The highest BCUT2D eigenvalue weighted by Gasteiger charge is 2.17. The zero-order valence-electron chi connectivity index (χ0n) is 15.7. The number of aryl methyl sites for hydroxylation is 3. The Morgan fingerprint density at radius 3 is 2.70 bits per heavy atom. The largest absolute Gasteiger partial charge is 0.326 e. The molecular weight excluding hydrogens is 346 g/mol. The summed E-state index contributed by atoms with van der Waals surface area (Å²) in [6.45, 7) is 3.91. The number of hydrogen-bond donors (Lipinski definition) is 1. The molecule has 3 aromatic rings. The molecule has 8 nitrogen and oxygen atoms in total. The zero-order chi connectivity index (χ0) is 19.7. The van der Waals surface area contributed by atoms with Crippen LogP contribution in [0.15, 0.2) is 36.4 Å². The topological polar surface area (TPSA) is 93.3 Å². The third kappa shape index (κ3) is 3.46. The maximum absolute atomic E-state index is 12.7. The standard InChI is InChI=1S/C19H21N5O3/c1-5-13-6-7-15(24(26)27)11-17(13)20-19(25)22(3)14-8-9-16-12(2)23(4)21-18(16)10-14/h6-11H,5H2,1-4H3,(H,20,25). The smallest absolute Gasteiger partial charge is 0.307 e. The van der Waals surface area contributed by atoms with Gasteiger partial charge in [0.1, 0.15) is 0 Å². The van der Waals surface area contributed by atoms with Gasteiger partial charge in [0.15, 0.2) is 0 Å². The van der Waals surface area contributed by atoms with E-state index in [1.807, 2.05) is 39.1 Å². The fourth-order valence-electron chi connectivity index (χ4n) is 2.95. The molecule has 0 aliphatic heterocycles. The number of nitro groups is 1. The summed E-state index contributed by atoms with van der Waals surface area (Å²) < 4.78 is 1.80. The number of benzene rings is 2. The molecule has 0 unspecified atom stereocenters. The summed E-state index contributed by atoms with van der Waals surface area (Å²) in [6.07, 6.45) is 0.649. The van der Waals surface area contributed by atoms with Gasteiger partial charge in [0.05, 0.1) is 16.1 Å². The third-order valence-corrected chi connectivity index (χ3v) is 4.73. The summed E-state index contributed by atoms with van der Waals surface area (Å²) in [5.41, 5.74) is 3.75. The molecule has 0 fully saturated rings. The van der Waals surface area contributed by atoms with Gasteiger partial charge < -0.3 is 5.32 Å². The minimum atomic E-state index is -0.476. The van der Waals surface area contributed by atoms with E-state index in [4.69, 9.17) is 0 Å². The summed E-state index contributed by atoms with van der Waals surface area (Å²) in [5.74, 6) is 0. The molecule has 3 rings (SSSR count). The minimum absolute atomic E-state index is 0.0597. The van der Waals surface area contributed by atoms with Crippen LogP contribution in [0.5, 0.6) is 0 Å². The molecule has 0 saturated carbocycles. The second-order valence-corrected chi connectivity index (χ2v) is 6.35. The maximum atomic E-state index is 12.7. The molecule has 27 heavy (non-hydrogen) atoms. The van der Waals surface area contributed by atoms with Crippen LogP contribution in [0.2, 0.25) is 0 Å². The van der Waals surface area contributed by atoms with E-state index in [2.05, 4.69) is 10.4 Å². The Kier molecular flexibility index (Phi) is 4.81. The SMILES string of the molecule is CCc1ccc([N+](=O)[O-])cc1NC(=O)N(C)c1ccc2c(C)n(C)nc2c1. The Morgan fingerprint density at radius 2 is 2.04 bits per heavy atom. The van der Waals surface area contributed by atoms with Crippen LogP contribution in [-0.4, -0.2) is 27.8 Å². The monoisotopic (exact) mass is 367 g/mol. The average molecular weight is 367 g/mol. The number of rotatable bonds is 4. The van der Waals surface area contributed by atoms with Crippen LogP contribution >= 0.6 is 0 Å². The maximum Gasteiger partial charge on any atom is 0.326 e. The Balaban J connectivity index is 1.88. The van der Waals surface area contributed by atoms with Gasteiger partial charge in [-0.1, -0.05) is 13.0 Å². The van der Waals surface area contributed by atoms with Crippen LogP contribution in [0.25, 0.3) is 10.9 Å².